The smallest absolute Gasteiger partial charge is 0.236 e. The van der Waals surface area contributed by atoms with Crippen molar-refractivity contribution in [2.24, 2.45) is 11.7 Å². The van der Waals surface area contributed by atoms with Crippen LogP contribution in [0.5, 0.6) is 0 Å². The van der Waals surface area contributed by atoms with Crippen molar-refractivity contribution in [2.45, 2.75) is 45.2 Å². The number of carbonyl (C=O) groups excluding carboxylic acids is 1. The normalized spacial score (nSPS) is 18.8. The number of hydrogen-bond donors (Lipinski definition) is 1. The number of Topliss-reactive ketones (excluding diaryl/α,β-unsaturated/α-hetero) is 1. The number of piperidine rings is 1. The molecule has 6 nitrogen and oxygen atoms in total. The second-order valence-corrected chi connectivity index (χ2v) is 7.24. The monoisotopic (exact) mass is 342 g/mol. The van der Waals surface area contributed by atoms with Crippen molar-refractivity contribution in [3.63, 3.8) is 0 Å². The molecule has 0 radical (unpaired) electrons. The number of nitrogens with two attached hydrogens (primary N) is 1. The van der Waals surface area contributed by atoms with E-state index in [0.717, 1.165) is 31.5 Å². The Bertz CT molecular complexity index is 703. The number of hydrogen-bond acceptors (Lipinski definition) is 6. The summed E-state index contributed by atoms with van der Waals surface area (Å²) in [5.74, 6) is 1.54. The molecule has 1 saturated heterocycles. The van der Waals surface area contributed by atoms with Gasteiger partial charge in [-0.2, -0.15) is 0 Å². The molecule has 1 atom stereocenters. The maximum absolute atomic E-state index is 11.5. The molecule has 25 heavy (non-hydrogen) atoms. The minimum atomic E-state index is -0.700. The van der Waals surface area contributed by atoms with Gasteiger partial charge in [0, 0.05) is 5.92 Å². The Labute approximate surface area is 148 Å². The van der Waals surface area contributed by atoms with Crippen LogP contribution in [0.3, 0.4) is 0 Å². The third kappa shape index (κ3) is 4.52. The quantitative estimate of drug-likeness (QED) is 0.867. The molecular weight excluding hydrogens is 316 g/mol. The molecular formula is C19H26N4O2. The molecule has 0 aliphatic carbocycles. The van der Waals surface area contributed by atoms with E-state index in [-0.39, 0.29) is 5.92 Å². The summed E-state index contributed by atoms with van der Waals surface area (Å²) in [6.07, 6.45) is 2.44. The van der Waals surface area contributed by atoms with E-state index in [4.69, 9.17) is 10.2 Å². The SMILES string of the molecule is CC(=O)C1CCN(Cc2nnc([C@](C)(N)Cc3ccccc3)o2)CC1. The standard InChI is InChI=1S/C19H26N4O2/c1-14(24)16-8-10-23(11-9-16)13-17-21-22-18(25-17)19(2,20)12-15-6-4-3-5-7-15/h3-7,16H,8-13,20H2,1-2H3/t19-/m1/s1. The summed E-state index contributed by atoms with van der Waals surface area (Å²) in [4.78, 5) is 13.7. The van der Waals surface area contributed by atoms with E-state index in [1.807, 2.05) is 37.3 Å². The first-order valence-electron chi connectivity index (χ1n) is 8.82. The lowest BCUT2D eigenvalue weighted by Gasteiger charge is -2.29. The van der Waals surface area contributed by atoms with Gasteiger partial charge in [-0.15, -0.1) is 10.2 Å². The highest BCUT2D eigenvalue weighted by Gasteiger charge is 2.29. The summed E-state index contributed by atoms with van der Waals surface area (Å²) < 4.78 is 5.84. The fraction of sp³-hybridized carbons (Fsp3) is 0.526. The van der Waals surface area contributed by atoms with E-state index < -0.39 is 5.54 Å². The zero-order valence-electron chi connectivity index (χ0n) is 14.9. The van der Waals surface area contributed by atoms with Gasteiger partial charge >= 0.3 is 0 Å². The van der Waals surface area contributed by atoms with Gasteiger partial charge in [0.05, 0.1) is 12.1 Å². The van der Waals surface area contributed by atoms with Gasteiger partial charge in [0.1, 0.15) is 5.78 Å². The van der Waals surface area contributed by atoms with Crippen molar-refractivity contribution in [1.82, 2.24) is 15.1 Å². The largest absolute Gasteiger partial charge is 0.422 e. The van der Waals surface area contributed by atoms with E-state index in [0.29, 0.717) is 30.5 Å². The second kappa shape index (κ2) is 7.45. The molecule has 1 aliphatic rings. The molecule has 1 fully saturated rings. The van der Waals surface area contributed by atoms with Crippen molar-refractivity contribution in [3.05, 3.63) is 47.7 Å². The van der Waals surface area contributed by atoms with Crippen LogP contribution < -0.4 is 5.73 Å². The van der Waals surface area contributed by atoms with Crippen molar-refractivity contribution < 1.29 is 9.21 Å². The summed E-state index contributed by atoms with van der Waals surface area (Å²) in [7, 11) is 0. The minimum absolute atomic E-state index is 0.202. The predicted octanol–water partition coefficient (Wildman–Crippen LogP) is 2.29. The zero-order chi connectivity index (χ0) is 17.9. The molecule has 0 amide bonds. The Balaban J connectivity index is 1.59. The van der Waals surface area contributed by atoms with Gasteiger partial charge in [0.15, 0.2) is 0 Å². The van der Waals surface area contributed by atoms with Crippen LogP contribution in [0.2, 0.25) is 0 Å². The van der Waals surface area contributed by atoms with Crippen LogP contribution in [0.15, 0.2) is 34.7 Å². The molecule has 0 spiro atoms. The van der Waals surface area contributed by atoms with Crippen LogP contribution in [-0.4, -0.2) is 34.0 Å². The molecule has 2 aromatic rings. The summed E-state index contributed by atoms with van der Waals surface area (Å²) in [5, 5.41) is 8.34. The summed E-state index contributed by atoms with van der Waals surface area (Å²) in [6, 6.07) is 10.1. The molecule has 0 bridgehead atoms. The zero-order valence-corrected chi connectivity index (χ0v) is 14.9. The van der Waals surface area contributed by atoms with E-state index >= 15 is 0 Å². The topological polar surface area (TPSA) is 85.2 Å². The van der Waals surface area contributed by atoms with Gasteiger partial charge in [0.2, 0.25) is 11.8 Å². The predicted molar refractivity (Wildman–Crippen MR) is 94.7 cm³/mol. The molecule has 1 aromatic carbocycles. The fourth-order valence-electron chi connectivity index (χ4n) is 3.33. The number of aromatic nitrogens is 2. The summed E-state index contributed by atoms with van der Waals surface area (Å²) in [6.45, 7) is 5.96. The fourth-order valence-corrected chi connectivity index (χ4v) is 3.33. The third-order valence-electron chi connectivity index (χ3n) is 4.89. The highest BCUT2D eigenvalue weighted by atomic mass is 16.4. The van der Waals surface area contributed by atoms with Gasteiger partial charge in [-0.25, -0.2) is 0 Å². The first kappa shape index (κ1) is 17.8. The molecule has 1 aliphatic heterocycles. The number of rotatable bonds is 6. The van der Waals surface area contributed by atoms with Crippen molar-refractivity contribution >= 4 is 5.78 Å². The molecule has 6 heteroatoms. The number of carbonyl (C=O) groups is 1. The van der Waals surface area contributed by atoms with Gasteiger partial charge in [-0.3, -0.25) is 9.69 Å². The Hall–Kier alpha value is -2.05. The molecule has 134 valence electrons. The van der Waals surface area contributed by atoms with Crippen LogP contribution in [-0.2, 0) is 23.3 Å². The highest BCUT2D eigenvalue weighted by Crippen LogP contribution is 2.23. The number of ketones is 1. The number of nitrogens with zero attached hydrogens (tertiary/aromatic N) is 3. The minimum Gasteiger partial charge on any atom is -0.422 e. The van der Waals surface area contributed by atoms with Crippen molar-refractivity contribution in [1.29, 1.82) is 0 Å². The Morgan fingerprint density at radius 2 is 1.96 bits per heavy atom. The Kier molecular flexibility index (Phi) is 5.30. The van der Waals surface area contributed by atoms with Gasteiger partial charge in [-0.05, 0) is 51.8 Å². The highest BCUT2D eigenvalue weighted by molar-refractivity contribution is 5.78. The van der Waals surface area contributed by atoms with Gasteiger partial charge in [-0.1, -0.05) is 30.3 Å². The molecule has 3 rings (SSSR count). The third-order valence-corrected chi connectivity index (χ3v) is 4.89. The lowest BCUT2D eigenvalue weighted by Crippen LogP contribution is -2.36. The van der Waals surface area contributed by atoms with Crippen molar-refractivity contribution in [3.8, 4) is 0 Å². The molecule has 2 heterocycles. The van der Waals surface area contributed by atoms with Gasteiger partial charge < -0.3 is 10.2 Å². The van der Waals surface area contributed by atoms with E-state index in [1.54, 1.807) is 6.92 Å². The average molecular weight is 342 g/mol. The van der Waals surface area contributed by atoms with Crippen LogP contribution in [0.25, 0.3) is 0 Å². The van der Waals surface area contributed by atoms with Crippen LogP contribution >= 0.6 is 0 Å². The molecule has 1 aromatic heterocycles. The lowest BCUT2D eigenvalue weighted by molar-refractivity contribution is -0.122. The van der Waals surface area contributed by atoms with Crippen molar-refractivity contribution in [2.75, 3.05) is 13.1 Å². The maximum atomic E-state index is 11.5. The van der Waals surface area contributed by atoms with Crippen LogP contribution in [0.1, 0.15) is 44.0 Å². The van der Waals surface area contributed by atoms with Crippen LogP contribution in [0.4, 0.5) is 0 Å². The number of benzene rings is 1. The molecule has 0 unspecified atom stereocenters. The average Bonchev–Trinajstić information content (AvgIpc) is 3.05. The lowest BCUT2D eigenvalue weighted by atomic mass is 9.93. The summed E-state index contributed by atoms with van der Waals surface area (Å²) in [5.41, 5.74) is 6.86. The van der Waals surface area contributed by atoms with E-state index in [2.05, 4.69) is 15.1 Å². The maximum Gasteiger partial charge on any atom is 0.236 e. The molecule has 2 N–H and O–H groups in total. The second-order valence-electron chi connectivity index (χ2n) is 7.24. The Morgan fingerprint density at radius 3 is 2.60 bits per heavy atom. The van der Waals surface area contributed by atoms with E-state index in [9.17, 15) is 4.79 Å². The summed E-state index contributed by atoms with van der Waals surface area (Å²) >= 11 is 0. The van der Waals surface area contributed by atoms with Gasteiger partial charge in [0.25, 0.3) is 0 Å². The first-order chi connectivity index (χ1) is 11.9. The van der Waals surface area contributed by atoms with Crippen LogP contribution in [0, 0.1) is 5.92 Å². The first-order valence-corrected chi connectivity index (χ1v) is 8.82. The molecule has 0 saturated carbocycles. The Morgan fingerprint density at radius 1 is 1.28 bits per heavy atom. The number of likely N-dealkylation sites (tertiary alicyclic amines) is 1. The van der Waals surface area contributed by atoms with E-state index in [1.165, 1.54) is 0 Å².